The first-order valence-corrected chi connectivity index (χ1v) is 5.88. The smallest absolute Gasteiger partial charge is 0.222 e. The van der Waals surface area contributed by atoms with Gasteiger partial charge in [-0.05, 0) is 18.2 Å². The summed E-state index contributed by atoms with van der Waals surface area (Å²) in [6.07, 6.45) is 2.12. The molecule has 0 aliphatic rings. The predicted octanol–water partition coefficient (Wildman–Crippen LogP) is 2.55. The average molecular weight is 283 g/mol. The lowest BCUT2D eigenvalue weighted by Crippen LogP contribution is -2.25. The highest BCUT2D eigenvalue weighted by Gasteiger charge is 1.99. The van der Waals surface area contributed by atoms with E-state index in [4.69, 9.17) is 0 Å². The highest BCUT2D eigenvalue weighted by molar-refractivity contribution is 9.10. The molecule has 1 amide bonds. The number of halogens is 1. The van der Waals surface area contributed by atoms with Gasteiger partial charge in [0.1, 0.15) is 0 Å². The van der Waals surface area contributed by atoms with Crippen LogP contribution in [0, 0.1) is 0 Å². The first-order valence-electron chi connectivity index (χ1n) is 5.09. The van der Waals surface area contributed by atoms with Crippen molar-refractivity contribution in [2.45, 2.75) is 6.42 Å². The number of hydrogen-bond donors (Lipinski definition) is 2. The molecule has 2 N–H and O–H groups in total. The van der Waals surface area contributed by atoms with Gasteiger partial charge in [-0.1, -0.05) is 28.1 Å². The lowest BCUT2D eigenvalue weighted by atomic mass is 10.3. The Morgan fingerprint density at radius 3 is 3.00 bits per heavy atom. The van der Waals surface area contributed by atoms with Crippen molar-refractivity contribution in [1.29, 1.82) is 0 Å². The summed E-state index contributed by atoms with van der Waals surface area (Å²) in [6.45, 7) is 4.68. The van der Waals surface area contributed by atoms with Crippen LogP contribution in [0.5, 0.6) is 0 Å². The van der Waals surface area contributed by atoms with Gasteiger partial charge in [0.25, 0.3) is 0 Å². The molecule has 0 radical (unpaired) electrons. The second kappa shape index (κ2) is 7.06. The minimum Gasteiger partial charge on any atom is -0.384 e. The third-order valence-corrected chi connectivity index (χ3v) is 2.44. The summed E-state index contributed by atoms with van der Waals surface area (Å²) >= 11 is 3.39. The molecule has 0 aromatic heterocycles. The minimum absolute atomic E-state index is 0.0300. The van der Waals surface area contributed by atoms with Gasteiger partial charge in [-0.2, -0.15) is 0 Å². The average Bonchev–Trinajstić information content (AvgIpc) is 2.26. The molecule has 1 rings (SSSR count). The van der Waals surface area contributed by atoms with E-state index in [1.165, 1.54) is 0 Å². The molecule has 0 aliphatic heterocycles. The van der Waals surface area contributed by atoms with Crippen LogP contribution in [-0.2, 0) is 4.79 Å². The Balaban J connectivity index is 2.25. The maximum absolute atomic E-state index is 11.3. The molecule has 86 valence electrons. The second-order valence-electron chi connectivity index (χ2n) is 3.28. The lowest BCUT2D eigenvalue weighted by Gasteiger charge is -2.06. The van der Waals surface area contributed by atoms with Crippen LogP contribution in [0.1, 0.15) is 6.42 Å². The SMILES string of the molecule is C=CCNC(=O)CCNc1cccc(Br)c1. The van der Waals surface area contributed by atoms with Gasteiger partial charge in [-0.25, -0.2) is 0 Å². The minimum atomic E-state index is 0.0300. The van der Waals surface area contributed by atoms with E-state index in [0.717, 1.165) is 10.2 Å². The van der Waals surface area contributed by atoms with Gasteiger partial charge in [0, 0.05) is 29.7 Å². The van der Waals surface area contributed by atoms with Crippen LogP contribution < -0.4 is 10.6 Å². The van der Waals surface area contributed by atoms with Crippen LogP contribution in [0.25, 0.3) is 0 Å². The molecule has 4 heteroatoms. The molecule has 0 saturated carbocycles. The molecule has 16 heavy (non-hydrogen) atoms. The van der Waals surface area contributed by atoms with Gasteiger partial charge < -0.3 is 10.6 Å². The van der Waals surface area contributed by atoms with E-state index in [1.54, 1.807) is 6.08 Å². The van der Waals surface area contributed by atoms with Crippen molar-refractivity contribution in [3.63, 3.8) is 0 Å². The molecule has 0 atom stereocenters. The van der Waals surface area contributed by atoms with Crippen LogP contribution in [0.3, 0.4) is 0 Å². The van der Waals surface area contributed by atoms with Crippen molar-refractivity contribution >= 4 is 27.5 Å². The number of benzene rings is 1. The number of carbonyl (C=O) groups is 1. The number of rotatable bonds is 6. The summed E-state index contributed by atoms with van der Waals surface area (Å²) < 4.78 is 1.02. The Morgan fingerprint density at radius 2 is 2.31 bits per heavy atom. The van der Waals surface area contributed by atoms with Gasteiger partial charge in [-0.15, -0.1) is 6.58 Å². The van der Waals surface area contributed by atoms with Crippen LogP contribution >= 0.6 is 15.9 Å². The molecule has 1 aromatic rings. The van der Waals surface area contributed by atoms with Crippen LogP contribution in [0.15, 0.2) is 41.4 Å². The molecule has 0 fully saturated rings. The van der Waals surface area contributed by atoms with Crippen LogP contribution in [0.4, 0.5) is 5.69 Å². The molecule has 3 nitrogen and oxygen atoms in total. The van der Waals surface area contributed by atoms with Gasteiger partial charge in [0.05, 0.1) is 0 Å². The van der Waals surface area contributed by atoms with Gasteiger partial charge in [-0.3, -0.25) is 4.79 Å². The standard InChI is InChI=1S/C12H15BrN2O/c1-2-7-15-12(16)6-8-14-11-5-3-4-10(13)9-11/h2-5,9,14H,1,6-8H2,(H,15,16). The third-order valence-electron chi connectivity index (χ3n) is 1.95. The molecule has 0 saturated heterocycles. The van der Waals surface area contributed by atoms with Crippen molar-refractivity contribution in [3.05, 3.63) is 41.4 Å². The van der Waals surface area contributed by atoms with Gasteiger partial charge in [0.2, 0.25) is 5.91 Å². The Bertz CT molecular complexity index is 366. The van der Waals surface area contributed by atoms with E-state index < -0.39 is 0 Å². The quantitative estimate of drug-likeness (QED) is 0.788. The van der Waals surface area contributed by atoms with E-state index in [-0.39, 0.29) is 5.91 Å². The van der Waals surface area contributed by atoms with E-state index in [2.05, 4.69) is 33.1 Å². The van der Waals surface area contributed by atoms with Crippen molar-refractivity contribution in [1.82, 2.24) is 5.32 Å². The Morgan fingerprint density at radius 1 is 1.50 bits per heavy atom. The normalized spacial score (nSPS) is 9.56. The molecule has 0 aliphatic carbocycles. The Kier molecular flexibility index (Phi) is 5.64. The van der Waals surface area contributed by atoms with Crippen molar-refractivity contribution in [2.75, 3.05) is 18.4 Å². The molecule has 0 bridgehead atoms. The maximum Gasteiger partial charge on any atom is 0.222 e. The summed E-state index contributed by atoms with van der Waals surface area (Å²) in [5.41, 5.74) is 1.01. The number of amides is 1. The van der Waals surface area contributed by atoms with Crippen molar-refractivity contribution in [2.24, 2.45) is 0 Å². The Labute approximate surface area is 104 Å². The monoisotopic (exact) mass is 282 g/mol. The summed E-state index contributed by atoms with van der Waals surface area (Å²) in [4.78, 5) is 11.3. The van der Waals surface area contributed by atoms with E-state index >= 15 is 0 Å². The summed E-state index contributed by atoms with van der Waals surface area (Å²) in [7, 11) is 0. The topological polar surface area (TPSA) is 41.1 Å². The fraction of sp³-hybridized carbons (Fsp3) is 0.250. The van der Waals surface area contributed by atoms with E-state index in [0.29, 0.717) is 19.5 Å². The molecule has 1 aromatic carbocycles. The number of hydrogen-bond acceptors (Lipinski definition) is 2. The number of anilines is 1. The molecular weight excluding hydrogens is 268 g/mol. The first-order chi connectivity index (χ1) is 7.72. The zero-order chi connectivity index (χ0) is 11.8. The van der Waals surface area contributed by atoms with Crippen LogP contribution in [-0.4, -0.2) is 19.0 Å². The van der Waals surface area contributed by atoms with E-state index in [1.807, 2.05) is 24.3 Å². The highest BCUT2D eigenvalue weighted by Crippen LogP contribution is 2.15. The summed E-state index contributed by atoms with van der Waals surface area (Å²) in [5, 5.41) is 5.90. The third kappa shape index (κ3) is 4.98. The predicted molar refractivity (Wildman–Crippen MR) is 70.5 cm³/mol. The largest absolute Gasteiger partial charge is 0.384 e. The first kappa shape index (κ1) is 12.8. The van der Waals surface area contributed by atoms with Gasteiger partial charge >= 0.3 is 0 Å². The van der Waals surface area contributed by atoms with Crippen LogP contribution in [0.2, 0.25) is 0 Å². The van der Waals surface area contributed by atoms with E-state index in [9.17, 15) is 4.79 Å². The second-order valence-corrected chi connectivity index (χ2v) is 4.20. The summed E-state index contributed by atoms with van der Waals surface area (Å²) in [6, 6.07) is 7.85. The zero-order valence-electron chi connectivity index (χ0n) is 9.00. The maximum atomic E-state index is 11.3. The fourth-order valence-corrected chi connectivity index (χ4v) is 1.59. The lowest BCUT2D eigenvalue weighted by molar-refractivity contribution is -0.120. The fourth-order valence-electron chi connectivity index (χ4n) is 1.19. The number of nitrogens with one attached hydrogen (secondary N) is 2. The highest BCUT2D eigenvalue weighted by atomic mass is 79.9. The zero-order valence-corrected chi connectivity index (χ0v) is 10.6. The molecular formula is C12H15BrN2O. The molecule has 0 spiro atoms. The molecule has 0 heterocycles. The van der Waals surface area contributed by atoms with Crippen molar-refractivity contribution < 1.29 is 4.79 Å². The summed E-state index contributed by atoms with van der Waals surface area (Å²) in [5.74, 6) is 0.0300. The number of carbonyl (C=O) groups excluding carboxylic acids is 1. The van der Waals surface area contributed by atoms with Gasteiger partial charge in [0.15, 0.2) is 0 Å². The Hall–Kier alpha value is -1.29. The van der Waals surface area contributed by atoms with Crippen molar-refractivity contribution in [3.8, 4) is 0 Å². The molecule has 0 unspecified atom stereocenters.